The van der Waals surface area contributed by atoms with Crippen molar-refractivity contribution in [2.75, 3.05) is 18.8 Å². The summed E-state index contributed by atoms with van der Waals surface area (Å²) in [6.07, 6.45) is 1.47. The summed E-state index contributed by atoms with van der Waals surface area (Å²) in [5.41, 5.74) is 1.25. The van der Waals surface area contributed by atoms with Gasteiger partial charge >= 0.3 is 0 Å². The third kappa shape index (κ3) is 3.52. The van der Waals surface area contributed by atoms with Crippen LogP contribution >= 0.6 is 11.8 Å². The molecule has 0 unspecified atom stereocenters. The molecule has 24 heavy (non-hydrogen) atoms. The minimum absolute atomic E-state index is 0.0325. The van der Waals surface area contributed by atoms with Crippen LogP contribution in [0.1, 0.15) is 22.8 Å². The minimum atomic E-state index is -0.0821. The van der Waals surface area contributed by atoms with Gasteiger partial charge in [0.05, 0.1) is 30.3 Å². The lowest BCUT2D eigenvalue weighted by atomic mass is 10.1. The Morgan fingerprint density at radius 2 is 2.21 bits per heavy atom. The minimum Gasteiger partial charge on any atom is -0.471 e. The van der Waals surface area contributed by atoms with Crippen LogP contribution in [-0.4, -0.2) is 40.7 Å². The number of pyridine rings is 1. The molecule has 1 saturated heterocycles. The van der Waals surface area contributed by atoms with Gasteiger partial charge in [-0.1, -0.05) is 19.1 Å². The molecule has 0 saturated carbocycles. The molecular formula is C18H17N3O2S. The van der Waals surface area contributed by atoms with E-state index in [1.807, 2.05) is 24.3 Å². The Kier molecular flexibility index (Phi) is 5.02. The maximum Gasteiger partial charge on any atom is 0.255 e. The summed E-state index contributed by atoms with van der Waals surface area (Å²) < 4.78 is 5.73. The van der Waals surface area contributed by atoms with E-state index in [1.165, 1.54) is 0 Å². The fraction of sp³-hybridized carbons (Fsp3) is 0.278. The molecule has 1 aromatic carbocycles. The number of amides is 1. The molecule has 1 aliphatic heterocycles. The number of carbonyl (C=O) groups excluding carboxylic acids is 1. The molecule has 3 rings (SSSR count). The lowest BCUT2D eigenvalue weighted by Crippen LogP contribution is -2.56. The van der Waals surface area contributed by atoms with Gasteiger partial charge in [0.15, 0.2) is 0 Å². The first kappa shape index (κ1) is 16.3. The molecule has 0 bridgehead atoms. The van der Waals surface area contributed by atoms with Crippen molar-refractivity contribution in [3.8, 4) is 11.9 Å². The third-order valence-corrected chi connectivity index (χ3v) is 4.66. The van der Waals surface area contributed by atoms with Crippen molar-refractivity contribution in [1.82, 2.24) is 9.88 Å². The zero-order chi connectivity index (χ0) is 16.9. The summed E-state index contributed by atoms with van der Waals surface area (Å²) in [5.74, 6) is 1.38. The Labute approximate surface area is 145 Å². The molecule has 2 aromatic rings. The summed E-state index contributed by atoms with van der Waals surface area (Å²) >= 11 is 1.67. The number of benzene rings is 1. The Morgan fingerprint density at radius 3 is 2.96 bits per heavy atom. The number of hydrogen-bond donors (Lipinski definition) is 0. The van der Waals surface area contributed by atoms with Gasteiger partial charge in [0.2, 0.25) is 5.88 Å². The molecule has 5 nitrogen and oxygen atoms in total. The molecule has 1 aliphatic rings. The van der Waals surface area contributed by atoms with E-state index in [1.54, 1.807) is 35.0 Å². The second-order valence-corrected chi connectivity index (χ2v) is 6.68. The average molecular weight is 339 g/mol. The largest absolute Gasteiger partial charge is 0.471 e. The van der Waals surface area contributed by atoms with Gasteiger partial charge in [0.1, 0.15) is 6.10 Å². The van der Waals surface area contributed by atoms with Crippen LogP contribution in [0.5, 0.6) is 5.88 Å². The number of aromatic nitrogens is 1. The second-order valence-electron chi connectivity index (χ2n) is 5.37. The molecular weight excluding hydrogens is 322 g/mol. The van der Waals surface area contributed by atoms with Crippen molar-refractivity contribution in [2.45, 2.75) is 17.9 Å². The first-order valence-electron chi connectivity index (χ1n) is 7.75. The normalized spacial score (nSPS) is 13.9. The molecule has 122 valence electrons. The van der Waals surface area contributed by atoms with Gasteiger partial charge in [-0.3, -0.25) is 4.79 Å². The molecule has 0 N–H and O–H groups in total. The van der Waals surface area contributed by atoms with Gasteiger partial charge in [0.25, 0.3) is 5.91 Å². The predicted molar refractivity (Wildman–Crippen MR) is 92.1 cm³/mol. The van der Waals surface area contributed by atoms with Crippen LogP contribution in [0.4, 0.5) is 0 Å². The Bertz CT molecular complexity index is 782. The maximum absolute atomic E-state index is 12.6. The molecule has 0 aliphatic carbocycles. The number of rotatable bonds is 5. The van der Waals surface area contributed by atoms with Gasteiger partial charge in [-0.25, -0.2) is 4.98 Å². The summed E-state index contributed by atoms with van der Waals surface area (Å²) in [4.78, 5) is 19.5. The maximum atomic E-state index is 12.6. The number of thioether (sulfide) groups is 1. The van der Waals surface area contributed by atoms with E-state index < -0.39 is 0 Å². The Morgan fingerprint density at radius 1 is 1.42 bits per heavy atom. The highest BCUT2D eigenvalue weighted by Crippen LogP contribution is 2.26. The van der Waals surface area contributed by atoms with Crippen LogP contribution in [0.15, 0.2) is 47.5 Å². The van der Waals surface area contributed by atoms with Gasteiger partial charge in [-0.05, 0) is 24.0 Å². The molecule has 2 heterocycles. The fourth-order valence-electron chi connectivity index (χ4n) is 2.49. The van der Waals surface area contributed by atoms with Crippen molar-refractivity contribution in [3.63, 3.8) is 0 Å². The van der Waals surface area contributed by atoms with E-state index >= 15 is 0 Å². The van der Waals surface area contributed by atoms with Crippen molar-refractivity contribution >= 4 is 17.7 Å². The van der Waals surface area contributed by atoms with Crippen LogP contribution in [0, 0.1) is 11.3 Å². The number of likely N-dealkylation sites (tertiary alicyclic amines) is 1. The van der Waals surface area contributed by atoms with Gasteiger partial charge in [-0.2, -0.15) is 5.26 Å². The van der Waals surface area contributed by atoms with E-state index in [0.717, 1.165) is 16.2 Å². The molecule has 0 radical (unpaired) electrons. The highest BCUT2D eigenvalue weighted by atomic mass is 32.2. The molecule has 0 spiro atoms. The monoisotopic (exact) mass is 339 g/mol. The number of hydrogen-bond acceptors (Lipinski definition) is 5. The number of nitrogens with zero attached hydrogens (tertiary/aromatic N) is 3. The first-order valence-corrected chi connectivity index (χ1v) is 8.73. The van der Waals surface area contributed by atoms with Crippen molar-refractivity contribution in [3.05, 3.63) is 53.7 Å². The zero-order valence-electron chi connectivity index (χ0n) is 13.3. The van der Waals surface area contributed by atoms with E-state index in [4.69, 9.17) is 10.00 Å². The SMILES string of the molecule is CCSc1ccccc1C(=O)N1CC(Oc2cc(C#N)ccn2)C1. The van der Waals surface area contributed by atoms with Crippen molar-refractivity contribution < 1.29 is 9.53 Å². The zero-order valence-corrected chi connectivity index (χ0v) is 14.1. The number of ether oxygens (including phenoxy) is 1. The summed E-state index contributed by atoms with van der Waals surface area (Å²) in [6.45, 7) is 3.13. The fourth-order valence-corrected chi connectivity index (χ4v) is 3.28. The van der Waals surface area contributed by atoms with E-state index in [-0.39, 0.29) is 12.0 Å². The average Bonchev–Trinajstić information content (AvgIpc) is 2.58. The standard InChI is InChI=1S/C18H17N3O2S/c1-2-24-16-6-4-3-5-15(16)18(22)21-11-14(12-21)23-17-9-13(10-19)7-8-20-17/h3-9,14H,2,11-12H2,1H3. The Balaban J connectivity index is 1.60. The summed E-state index contributed by atoms with van der Waals surface area (Å²) in [6, 6.07) is 13.0. The van der Waals surface area contributed by atoms with Crippen LogP contribution in [0.25, 0.3) is 0 Å². The second kappa shape index (κ2) is 7.37. The van der Waals surface area contributed by atoms with Crippen LogP contribution in [0.2, 0.25) is 0 Å². The molecule has 6 heteroatoms. The highest BCUT2D eigenvalue weighted by molar-refractivity contribution is 7.99. The first-order chi connectivity index (χ1) is 11.7. The van der Waals surface area contributed by atoms with Gasteiger partial charge in [-0.15, -0.1) is 11.8 Å². The third-order valence-electron chi connectivity index (χ3n) is 3.70. The molecule has 1 fully saturated rings. The summed E-state index contributed by atoms with van der Waals surface area (Å²) in [5, 5.41) is 8.89. The Hall–Kier alpha value is -2.52. The lowest BCUT2D eigenvalue weighted by Gasteiger charge is -2.38. The van der Waals surface area contributed by atoms with Gasteiger partial charge in [0, 0.05) is 17.2 Å². The molecule has 0 atom stereocenters. The van der Waals surface area contributed by atoms with E-state index in [2.05, 4.69) is 18.0 Å². The van der Waals surface area contributed by atoms with E-state index in [9.17, 15) is 4.79 Å². The summed E-state index contributed by atoms with van der Waals surface area (Å²) in [7, 11) is 0. The topological polar surface area (TPSA) is 66.2 Å². The molecule has 1 aromatic heterocycles. The molecule has 1 amide bonds. The van der Waals surface area contributed by atoms with E-state index in [0.29, 0.717) is 24.5 Å². The smallest absolute Gasteiger partial charge is 0.255 e. The van der Waals surface area contributed by atoms with Gasteiger partial charge < -0.3 is 9.64 Å². The number of nitriles is 1. The van der Waals surface area contributed by atoms with Crippen LogP contribution in [0.3, 0.4) is 0 Å². The quantitative estimate of drug-likeness (QED) is 0.784. The highest BCUT2D eigenvalue weighted by Gasteiger charge is 2.33. The lowest BCUT2D eigenvalue weighted by molar-refractivity contribution is 0.0157. The van der Waals surface area contributed by atoms with Crippen molar-refractivity contribution in [1.29, 1.82) is 5.26 Å². The van der Waals surface area contributed by atoms with Crippen LogP contribution < -0.4 is 4.74 Å². The number of carbonyl (C=O) groups is 1. The van der Waals surface area contributed by atoms with Crippen LogP contribution in [-0.2, 0) is 0 Å². The predicted octanol–water partition coefficient (Wildman–Crippen LogP) is 2.97. The van der Waals surface area contributed by atoms with Crippen molar-refractivity contribution in [2.24, 2.45) is 0 Å².